The lowest BCUT2D eigenvalue weighted by atomic mass is 10.0. The quantitative estimate of drug-likeness (QED) is 0.784. The number of nitrogens with one attached hydrogen (secondary N) is 1. The number of para-hydroxylation sites is 1. The molecule has 0 radical (unpaired) electrons. The van der Waals surface area contributed by atoms with Crippen LogP contribution in [0, 0.1) is 13.8 Å². The fourth-order valence-corrected chi connectivity index (χ4v) is 2.60. The van der Waals surface area contributed by atoms with Crippen LogP contribution in [-0.2, 0) is 17.8 Å². The molecule has 0 aliphatic heterocycles. The Morgan fingerprint density at radius 2 is 1.92 bits per heavy atom. The van der Waals surface area contributed by atoms with E-state index in [9.17, 15) is 4.79 Å². The van der Waals surface area contributed by atoms with Gasteiger partial charge in [-0.25, -0.2) is 0 Å². The minimum atomic E-state index is -0.0312. The van der Waals surface area contributed by atoms with E-state index in [0.29, 0.717) is 18.7 Å². The topological polar surface area (TPSA) is 58.6 Å². The molecular formula is C20H25NO3. The van der Waals surface area contributed by atoms with Gasteiger partial charge in [0.25, 0.3) is 0 Å². The number of amides is 1. The highest BCUT2D eigenvalue weighted by Gasteiger charge is 2.07. The number of hydrogen-bond donors (Lipinski definition) is 2. The van der Waals surface area contributed by atoms with Crippen molar-refractivity contribution in [1.82, 2.24) is 5.32 Å². The van der Waals surface area contributed by atoms with Gasteiger partial charge in [0.1, 0.15) is 12.4 Å². The maximum atomic E-state index is 12.1. The van der Waals surface area contributed by atoms with Gasteiger partial charge < -0.3 is 15.2 Å². The van der Waals surface area contributed by atoms with E-state index < -0.39 is 0 Å². The molecule has 2 N–H and O–H groups in total. The van der Waals surface area contributed by atoms with Crippen LogP contribution in [0.2, 0.25) is 0 Å². The molecule has 2 rings (SSSR count). The van der Waals surface area contributed by atoms with Crippen molar-refractivity contribution >= 4 is 5.91 Å². The van der Waals surface area contributed by atoms with Gasteiger partial charge in [0, 0.05) is 18.5 Å². The second-order valence-corrected chi connectivity index (χ2v) is 5.89. The predicted octanol–water partition coefficient (Wildman–Crippen LogP) is 2.92. The normalized spacial score (nSPS) is 10.5. The molecule has 0 unspecified atom stereocenters. The van der Waals surface area contributed by atoms with Crippen molar-refractivity contribution in [3.05, 3.63) is 64.7 Å². The van der Waals surface area contributed by atoms with Gasteiger partial charge in [0.15, 0.2) is 0 Å². The van der Waals surface area contributed by atoms with Crippen LogP contribution < -0.4 is 10.1 Å². The zero-order valence-corrected chi connectivity index (χ0v) is 14.3. The maximum absolute atomic E-state index is 12.1. The Labute approximate surface area is 143 Å². The van der Waals surface area contributed by atoms with Crippen LogP contribution >= 0.6 is 0 Å². The molecule has 0 spiro atoms. The first-order chi connectivity index (χ1) is 11.6. The summed E-state index contributed by atoms with van der Waals surface area (Å²) in [5.41, 5.74) is 4.58. The van der Waals surface area contributed by atoms with E-state index in [-0.39, 0.29) is 19.1 Å². The van der Waals surface area contributed by atoms with E-state index in [1.165, 1.54) is 16.7 Å². The van der Waals surface area contributed by atoms with Crippen LogP contribution in [0.15, 0.2) is 42.5 Å². The zero-order chi connectivity index (χ0) is 17.4. The largest absolute Gasteiger partial charge is 0.491 e. The summed E-state index contributed by atoms with van der Waals surface area (Å²) in [7, 11) is 0. The summed E-state index contributed by atoms with van der Waals surface area (Å²) in [4.78, 5) is 12.1. The Balaban J connectivity index is 1.85. The standard InChI is InChI=1S/C20H25NO3/c1-15-7-8-17(16(2)13-15)9-10-20(23)21-14-18-5-3-4-6-19(18)24-12-11-22/h3-8,13,22H,9-12,14H2,1-2H3,(H,21,23). The van der Waals surface area contributed by atoms with Gasteiger partial charge in [0.2, 0.25) is 5.91 Å². The van der Waals surface area contributed by atoms with Gasteiger partial charge in [-0.05, 0) is 37.5 Å². The van der Waals surface area contributed by atoms with Crippen LogP contribution in [0.4, 0.5) is 0 Å². The molecule has 1 amide bonds. The molecule has 128 valence electrons. The molecule has 0 aromatic heterocycles. The van der Waals surface area contributed by atoms with Crippen LogP contribution in [0.25, 0.3) is 0 Å². The Morgan fingerprint density at radius 1 is 1.12 bits per heavy atom. The first-order valence-corrected chi connectivity index (χ1v) is 8.24. The number of carbonyl (C=O) groups is 1. The van der Waals surface area contributed by atoms with E-state index in [1.54, 1.807) is 0 Å². The monoisotopic (exact) mass is 327 g/mol. The summed E-state index contributed by atoms with van der Waals surface area (Å²) in [5, 5.41) is 11.8. The van der Waals surface area contributed by atoms with E-state index in [0.717, 1.165) is 12.0 Å². The van der Waals surface area contributed by atoms with E-state index in [4.69, 9.17) is 9.84 Å². The molecule has 2 aromatic rings. The molecule has 0 saturated heterocycles. The van der Waals surface area contributed by atoms with Crippen molar-refractivity contribution in [2.45, 2.75) is 33.2 Å². The van der Waals surface area contributed by atoms with Crippen molar-refractivity contribution < 1.29 is 14.6 Å². The highest BCUT2D eigenvalue weighted by molar-refractivity contribution is 5.76. The van der Waals surface area contributed by atoms with Crippen LogP contribution in [0.3, 0.4) is 0 Å². The number of rotatable bonds is 8. The number of aryl methyl sites for hydroxylation is 3. The maximum Gasteiger partial charge on any atom is 0.220 e. The van der Waals surface area contributed by atoms with Crippen molar-refractivity contribution in [2.75, 3.05) is 13.2 Å². The molecule has 0 fully saturated rings. The summed E-state index contributed by atoms with van der Waals surface area (Å²) < 4.78 is 5.47. The third kappa shape index (κ3) is 5.39. The molecule has 0 aliphatic rings. The molecule has 0 bridgehead atoms. The SMILES string of the molecule is Cc1ccc(CCC(=O)NCc2ccccc2OCCO)c(C)c1. The summed E-state index contributed by atoms with van der Waals surface area (Å²) >= 11 is 0. The lowest BCUT2D eigenvalue weighted by Gasteiger charge is -2.12. The van der Waals surface area contributed by atoms with E-state index in [2.05, 4.69) is 37.4 Å². The minimum absolute atomic E-state index is 0.0203. The number of benzene rings is 2. The second-order valence-electron chi connectivity index (χ2n) is 5.89. The summed E-state index contributed by atoms with van der Waals surface area (Å²) in [6.07, 6.45) is 1.20. The molecule has 0 saturated carbocycles. The summed E-state index contributed by atoms with van der Waals surface area (Å²) in [6, 6.07) is 13.8. The molecular weight excluding hydrogens is 302 g/mol. The predicted molar refractivity (Wildman–Crippen MR) is 95.1 cm³/mol. The molecule has 0 atom stereocenters. The average Bonchev–Trinajstić information content (AvgIpc) is 2.58. The van der Waals surface area contributed by atoms with Crippen molar-refractivity contribution in [1.29, 1.82) is 0 Å². The third-order valence-corrected chi connectivity index (χ3v) is 3.92. The first-order valence-electron chi connectivity index (χ1n) is 8.24. The second kappa shape index (κ2) is 9.08. The zero-order valence-electron chi connectivity index (χ0n) is 14.3. The van der Waals surface area contributed by atoms with Gasteiger partial charge in [-0.3, -0.25) is 4.79 Å². The lowest BCUT2D eigenvalue weighted by Crippen LogP contribution is -2.23. The van der Waals surface area contributed by atoms with Crippen LogP contribution in [-0.4, -0.2) is 24.2 Å². The van der Waals surface area contributed by atoms with Crippen LogP contribution in [0.1, 0.15) is 28.7 Å². The molecule has 4 nitrogen and oxygen atoms in total. The van der Waals surface area contributed by atoms with Crippen molar-refractivity contribution in [3.63, 3.8) is 0 Å². The number of aliphatic hydroxyl groups excluding tert-OH is 1. The highest BCUT2D eigenvalue weighted by Crippen LogP contribution is 2.18. The average molecular weight is 327 g/mol. The molecule has 4 heteroatoms. The lowest BCUT2D eigenvalue weighted by molar-refractivity contribution is -0.121. The summed E-state index contributed by atoms with van der Waals surface area (Å²) in [5.74, 6) is 0.716. The number of hydrogen-bond acceptors (Lipinski definition) is 3. The van der Waals surface area contributed by atoms with Crippen molar-refractivity contribution in [3.8, 4) is 5.75 Å². The number of ether oxygens (including phenoxy) is 1. The Bertz CT molecular complexity index is 682. The van der Waals surface area contributed by atoms with Gasteiger partial charge in [-0.1, -0.05) is 42.0 Å². The van der Waals surface area contributed by atoms with Gasteiger partial charge in [0.05, 0.1) is 6.61 Å². The number of carbonyl (C=O) groups excluding carboxylic acids is 1. The molecule has 2 aromatic carbocycles. The third-order valence-electron chi connectivity index (χ3n) is 3.92. The smallest absolute Gasteiger partial charge is 0.220 e. The molecule has 0 aliphatic carbocycles. The fraction of sp³-hybridized carbons (Fsp3) is 0.350. The Kier molecular flexibility index (Phi) is 6.82. The number of aliphatic hydroxyl groups is 1. The first kappa shape index (κ1) is 18.0. The van der Waals surface area contributed by atoms with Gasteiger partial charge in [-0.15, -0.1) is 0 Å². The highest BCUT2D eigenvalue weighted by atomic mass is 16.5. The van der Waals surface area contributed by atoms with E-state index in [1.807, 2.05) is 24.3 Å². The fourth-order valence-electron chi connectivity index (χ4n) is 2.60. The molecule has 0 heterocycles. The summed E-state index contributed by atoms with van der Waals surface area (Å²) in [6.45, 7) is 4.79. The molecule has 24 heavy (non-hydrogen) atoms. The van der Waals surface area contributed by atoms with E-state index >= 15 is 0 Å². The van der Waals surface area contributed by atoms with Gasteiger partial charge in [-0.2, -0.15) is 0 Å². The minimum Gasteiger partial charge on any atom is -0.491 e. The van der Waals surface area contributed by atoms with Gasteiger partial charge >= 0.3 is 0 Å². The Hall–Kier alpha value is -2.33. The Morgan fingerprint density at radius 3 is 2.67 bits per heavy atom. The van der Waals surface area contributed by atoms with Crippen LogP contribution in [0.5, 0.6) is 5.75 Å². The van der Waals surface area contributed by atoms with Crippen molar-refractivity contribution in [2.24, 2.45) is 0 Å².